The normalized spacial score (nSPS) is 30.6. The van der Waals surface area contributed by atoms with E-state index in [0.717, 1.165) is 19.4 Å². The average Bonchev–Trinajstić information content (AvgIpc) is 2.92. The zero-order valence-electron chi connectivity index (χ0n) is 10.2. The molecule has 0 radical (unpaired) electrons. The van der Waals surface area contributed by atoms with E-state index in [-0.39, 0.29) is 17.5 Å². The first-order valence-electron chi connectivity index (χ1n) is 6.46. The fraction of sp³-hybridized carbons (Fsp3) is 0.500. The van der Waals surface area contributed by atoms with Crippen LogP contribution < -0.4 is 5.73 Å². The number of rotatable bonds is 1. The van der Waals surface area contributed by atoms with Gasteiger partial charge in [0.1, 0.15) is 5.82 Å². The molecule has 1 heterocycles. The second-order valence-electron chi connectivity index (χ2n) is 5.36. The average molecular weight is 248 g/mol. The van der Waals surface area contributed by atoms with E-state index < -0.39 is 5.82 Å². The van der Waals surface area contributed by atoms with Gasteiger partial charge in [0, 0.05) is 19.1 Å². The largest absolute Gasteiger partial charge is 0.338 e. The van der Waals surface area contributed by atoms with E-state index in [9.17, 15) is 9.18 Å². The van der Waals surface area contributed by atoms with Crippen LogP contribution in [-0.2, 0) is 0 Å². The molecular formula is C14H17FN2O. The maximum absolute atomic E-state index is 13.6. The minimum atomic E-state index is -0.441. The Hall–Kier alpha value is -1.42. The van der Waals surface area contributed by atoms with Crippen molar-refractivity contribution in [3.63, 3.8) is 0 Å². The smallest absolute Gasteiger partial charge is 0.256 e. The molecule has 1 aromatic rings. The van der Waals surface area contributed by atoms with E-state index in [1.165, 1.54) is 6.07 Å². The number of nitrogens with two attached hydrogens (primary N) is 1. The van der Waals surface area contributed by atoms with E-state index in [1.807, 2.05) is 0 Å². The second kappa shape index (κ2) is 4.35. The third-order valence-corrected chi connectivity index (χ3v) is 4.30. The van der Waals surface area contributed by atoms with Crippen molar-refractivity contribution in [1.29, 1.82) is 0 Å². The van der Waals surface area contributed by atoms with Crippen molar-refractivity contribution in [2.45, 2.75) is 18.9 Å². The third-order valence-electron chi connectivity index (χ3n) is 4.30. The summed E-state index contributed by atoms with van der Waals surface area (Å²) >= 11 is 0. The second-order valence-corrected chi connectivity index (χ2v) is 5.36. The Balaban J connectivity index is 1.78. The van der Waals surface area contributed by atoms with E-state index >= 15 is 0 Å². The quantitative estimate of drug-likeness (QED) is 0.821. The van der Waals surface area contributed by atoms with E-state index in [2.05, 4.69) is 0 Å². The van der Waals surface area contributed by atoms with E-state index in [0.29, 0.717) is 18.4 Å². The van der Waals surface area contributed by atoms with Crippen LogP contribution in [0.25, 0.3) is 0 Å². The van der Waals surface area contributed by atoms with Gasteiger partial charge >= 0.3 is 0 Å². The van der Waals surface area contributed by atoms with Gasteiger partial charge in [-0.1, -0.05) is 12.1 Å². The molecule has 0 unspecified atom stereocenters. The number of amides is 1. The van der Waals surface area contributed by atoms with Gasteiger partial charge < -0.3 is 10.6 Å². The highest BCUT2D eigenvalue weighted by atomic mass is 19.1. The van der Waals surface area contributed by atoms with Crippen LogP contribution in [-0.4, -0.2) is 29.9 Å². The standard InChI is InChI=1S/C14H17FN2O/c15-12-4-2-1-3-10(12)14(18)17-7-9-5-6-13(16)11(9)8-17/h1-4,9,11,13H,5-8,16H2/t9-,11-,13-/m1/s1. The predicted octanol–water partition coefficient (Wildman–Crippen LogP) is 1.64. The third kappa shape index (κ3) is 1.81. The van der Waals surface area contributed by atoms with Crippen molar-refractivity contribution < 1.29 is 9.18 Å². The van der Waals surface area contributed by atoms with Crippen molar-refractivity contribution in [1.82, 2.24) is 4.90 Å². The number of hydrogen-bond donors (Lipinski definition) is 1. The van der Waals surface area contributed by atoms with Crippen LogP contribution in [0.1, 0.15) is 23.2 Å². The summed E-state index contributed by atoms with van der Waals surface area (Å²) in [5, 5.41) is 0. The Bertz CT molecular complexity index is 477. The van der Waals surface area contributed by atoms with Crippen molar-refractivity contribution >= 4 is 5.91 Å². The molecule has 2 fully saturated rings. The molecule has 1 saturated heterocycles. The van der Waals surface area contributed by atoms with E-state index in [4.69, 9.17) is 5.73 Å². The summed E-state index contributed by atoms with van der Waals surface area (Å²) in [5.41, 5.74) is 6.21. The van der Waals surface area contributed by atoms with Crippen molar-refractivity contribution in [3.05, 3.63) is 35.6 Å². The highest BCUT2D eigenvalue weighted by Gasteiger charge is 2.42. The summed E-state index contributed by atoms with van der Waals surface area (Å²) < 4.78 is 13.6. The van der Waals surface area contributed by atoms with Crippen molar-refractivity contribution in [3.8, 4) is 0 Å². The molecule has 96 valence electrons. The van der Waals surface area contributed by atoms with Crippen LogP contribution in [0.15, 0.2) is 24.3 Å². The zero-order valence-corrected chi connectivity index (χ0v) is 10.2. The number of halogens is 1. The lowest BCUT2D eigenvalue weighted by Gasteiger charge is -2.19. The summed E-state index contributed by atoms with van der Waals surface area (Å²) in [5.74, 6) is 0.273. The monoisotopic (exact) mass is 248 g/mol. The number of hydrogen-bond acceptors (Lipinski definition) is 2. The minimum absolute atomic E-state index is 0.172. The first-order chi connectivity index (χ1) is 8.66. The molecule has 1 saturated carbocycles. The molecule has 1 aliphatic heterocycles. The lowest BCUT2D eigenvalue weighted by atomic mass is 9.98. The molecular weight excluding hydrogens is 231 g/mol. The van der Waals surface area contributed by atoms with Crippen LogP contribution in [0.5, 0.6) is 0 Å². The van der Waals surface area contributed by atoms with Gasteiger partial charge in [-0.15, -0.1) is 0 Å². The lowest BCUT2D eigenvalue weighted by Crippen LogP contribution is -2.33. The fourth-order valence-corrected chi connectivity index (χ4v) is 3.28. The molecule has 3 nitrogen and oxygen atoms in total. The van der Waals surface area contributed by atoms with Crippen molar-refractivity contribution in [2.24, 2.45) is 17.6 Å². The van der Waals surface area contributed by atoms with Crippen LogP contribution in [0.4, 0.5) is 4.39 Å². The van der Waals surface area contributed by atoms with Crippen LogP contribution >= 0.6 is 0 Å². The summed E-state index contributed by atoms with van der Waals surface area (Å²) in [6.07, 6.45) is 2.14. The summed E-state index contributed by atoms with van der Waals surface area (Å²) in [6, 6.07) is 6.37. The molecule has 3 rings (SSSR count). The molecule has 2 N–H and O–H groups in total. The van der Waals surface area contributed by atoms with Gasteiger partial charge in [-0.05, 0) is 36.8 Å². The fourth-order valence-electron chi connectivity index (χ4n) is 3.28. The van der Waals surface area contributed by atoms with Crippen LogP contribution in [0, 0.1) is 17.7 Å². The number of carbonyl (C=O) groups is 1. The minimum Gasteiger partial charge on any atom is -0.338 e. The molecule has 4 heteroatoms. The highest BCUT2D eigenvalue weighted by molar-refractivity contribution is 5.94. The number of fused-ring (bicyclic) bond motifs is 1. The molecule has 0 aromatic heterocycles. The van der Waals surface area contributed by atoms with Gasteiger partial charge in [-0.25, -0.2) is 4.39 Å². The number of likely N-dealkylation sites (tertiary alicyclic amines) is 1. The van der Waals surface area contributed by atoms with Crippen LogP contribution in [0.3, 0.4) is 0 Å². The van der Waals surface area contributed by atoms with Gasteiger partial charge in [0.05, 0.1) is 5.56 Å². The SMILES string of the molecule is N[C@@H]1CC[C@@H]2CN(C(=O)c3ccccc3F)C[C@H]21. The Morgan fingerprint density at radius 3 is 2.78 bits per heavy atom. The maximum Gasteiger partial charge on any atom is 0.256 e. The van der Waals surface area contributed by atoms with Gasteiger partial charge in [0.25, 0.3) is 5.91 Å². The molecule has 2 aliphatic rings. The Labute approximate surface area is 106 Å². The lowest BCUT2D eigenvalue weighted by molar-refractivity contribution is 0.0775. The molecule has 1 amide bonds. The Morgan fingerprint density at radius 1 is 1.28 bits per heavy atom. The van der Waals surface area contributed by atoms with Gasteiger partial charge in [-0.3, -0.25) is 4.79 Å². The maximum atomic E-state index is 13.6. The number of carbonyl (C=O) groups excluding carboxylic acids is 1. The highest BCUT2D eigenvalue weighted by Crippen LogP contribution is 2.37. The van der Waals surface area contributed by atoms with E-state index in [1.54, 1.807) is 23.1 Å². The van der Waals surface area contributed by atoms with Gasteiger partial charge in [-0.2, -0.15) is 0 Å². The molecule has 3 atom stereocenters. The van der Waals surface area contributed by atoms with Crippen molar-refractivity contribution in [2.75, 3.05) is 13.1 Å². The summed E-state index contributed by atoms with van der Waals surface area (Å²) in [6.45, 7) is 1.41. The van der Waals surface area contributed by atoms with Gasteiger partial charge in [0.2, 0.25) is 0 Å². The summed E-state index contributed by atoms with van der Waals surface area (Å²) in [4.78, 5) is 14.0. The first-order valence-corrected chi connectivity index (χ1v) is 6.46. The molecule has 1 aromatic carbocycles. The Morgan fingerprint density at radius 2 is 2.06 bits per heavy atom. The topological polar surface area (TPSA) is 46.3 Å². The van der Waals surface area contributed by atoms with Crippen LogP contribution in [0.2, 0.25) is 0 Å². The zero-order chi connectivity index (χ0) is 12.7. The molecule has 1 aliphatic carbocycles. The summed E-state index contributed by atoms with van der Waals surface area (Å²) in [7, 11) is 0. The molecule has 18 heavy (non-hydrogen) atoms. The molecule has 0 bridgehead atoms. The van der Waals surface area contributed by atoms with Gasteiger partial charge in [0.15, 0.2) is 0 Å². The number of nitrogens with zero attached hydrogens (tertiary/aromatic N) is 1. The number of benzene rings is 1. The predicted molar refractivity (Wildman–Crippen MR) is 66.5 cm³/mol. The Kier molecular flexibility index (Phi) is 2.82. The molecule has 0 spiro atoms. The first kappa shape index (κ1) is 11.7.